The van der Waals surface area contributed by atoms with Crippen LogP contribution < -0.4 is 4.74 Å². The molecule has 3 atom stereocenters. The smallest absolute Gasteiger partial charge is 0.259 e. The van der Waals surface area contributed by atoms with Crippen molar-refractivity contribution in [2.24, 2.45) is 11.8 Å². The lowest BCUT2D eigenvalue weighted by molar-refractivity contribution is 0.0254. The normalized spacial score (nSPS) is 22.3. The summed E-state index contributed by atoms with van der Waals surface area (Å²) in [6.45, 7) is 9.90. The highest BCUT2D eigenvalue weighted by atomic mass is 16.5. The molecule has 0 aliphatic carbocycles. The first kappa shape index (κ1) is 25.6. The van der Waals surface area contributed by atoms with E-state index in [1.165, 1.54) is 0 Å². The zero-order chi connectivity index (χ0) is 24.9. The first-order valence-corrected chi connectivity index (χ1v) is 12.8. The number of nitrogens with zero attached hydrogens (tertiary/aromatic N) is 3. The molecule has 1 aromatic carbocycles. The van der Waals surface area contributed by atoms with Crippen LogP contribution in [0.3, 0.4) is 0 Å². The van der Waals surface area contributed by atoms with Crippen molar-refractivity contribution in [3.05, 3.63) is 47.7 Å². The van der Waals surface area contributed by atoms with Gasteiger partial charge in [0, 0.05) is 50.5 Å². The second-order valence-electron chi connectivity index (χ2n) is 10.3. The fourth-order valence-corrected chi connectivity index (χ4v) is 5.12. The number of carbonyl (C=O) groups excluding carboxylic acids is 1. The van der Waals surface area contributed by atoms with Crippen LogP contribution in [0, 0.1) is 18.8 Å². The van der Waals surface area contributed by atoms with E-state index in [0.717, 1.165) is 55.8 Å². The van der Waals surface area contributed by atoms with Crippen LogP contribution in [0.15, 0.2) is 36.5 Å². The van der Waals surface area contributed by atoms with E-state index in [-0.39, 0.29) is 30.6 Å². The Hall–Kier alpha value is -2.48. The molecule has 2 aliphatic rings. The fourth-order valence-electron chi connectivity index (χ4n) is 5.12. The number of carbonyl (C=O) groups is 1. The third-order valence-corrected chi connectivity index (χ3v) is 7.38. The highest BCUT2D eigenvalue weighted by molar-refractivity contribution is 5.98. The molecule has 7 heteroatoms. The van der Waals surface area contributed by atoms with E-state index < -0.39 is 0 Å². The number of aliphatic hydroxyl groups is 1. The Kier molecular flexibility index (Phi) is 8.42. The maximum Gasteiger partial charge on any atom is 0.259 e. The van der Waals surface area contributed by atoms with Crippen molar-refractivity contribution in [3.8, 4) is 17.0 Å². The molecule has 4 rings (SSSR count). The topological polar surface area (TPSA) is 75.1 Å². The summed E-state index contributed by atoms with van der Waals surface area (Å²) in [4.78, 5) is 22.4. The predicted octanol–water partition coefficient (Wildman–Crippen LogP) is 3.64. The maximum absolute atomic E-state index is 13.7. The van der Waals surface area contributed by atoms with Gasteiger partial charge >= 0.3 is 0 Å². The van der Waals surface area contributed by atoms with Crippen molar-refractivity contribution >= 4 is 5.91 Å². The number of pyridine rings is 1. The van der Waals surface area contributed by atoms with Crippen LogP contribution in [0.2, 0.25) is 0 Å². The fraction of sp³-hybridized carbons (Fsp3) is 0.571. The Morgan fingerprint density at radius 1 is 1.20 bits per heavy atom. The zero-order valence-corrected chi connectivity index (χ0v) is 21.4. The van der Waals surface area contributed by atoms with E-state index in [1.54, 1.807) is 11.1 Å². The van der Waals surface area contributed by atoms with Gasteiger partial charge in [-0.15, -0.1) is 0 Å². The molecule has 0 bridgehead atoms. The van der Waals surface area contributed by atoms with Crippen LogP contribution in [0.1, 0.15) is 42.6 Å². The van der Waals surface area contributed by atoms with Gasteiger partial charge in [-0.3, -0.25) is 4.79 Å². The van der Waals surface area contributed by atoms with Crippen molar-refractivity contribution in [1.29, 1.82) is 0 Å². The number of benzene rings is 1. The van der Waals surface area contributed by atoms with Gasteiger partial charge in [0.15, 0.2) is 0 Å². The van der Waals surface area contributed by atoms with Crippen molar-refractivity contribution in [3.63, 3.8) is 0 Å². The molecule has 2 aliphatic heterocycles. The second-order valence-corrected chi connectivity index (χ2v) is 10.3. The van der Waals surface area contributed by atoms with Gasteiger partial charge in [0.25, 0.3) is 5.91 Å². The molecule has 1 amide bonds. The van der Waals surface area contributed by atoms with Crippen LogP contribution in [-0.4, -0.2) is 84.4 Å². The standard InChI is InChI=1S/C28H39N3O4/c1-19-7-5-6-8-24(19)23-13-25-27(29-14-23)35-26(17-30(4)16-22-9-11-34-12-10-22)20(2)15-31(28(25)33)21(3)18-32/h5-8,13-14,20-22,26,32H,9-12,15-18H2,1-4H3/t20-,21-,26+/m1/s1. The van der Waals surface area contributed by atoms with Gasteiger partial charge in [0.1, 0.15) is 11.7 Å². The Labute approximate surface area is 209 Å². The SMILES string of the molecule is Cc1ccccc1-c1cnc2c(c1)C(=O)N([C@H](C)CO)C[C@@H](C)[C@H](CN(C)CC1CCOCC1)O2. The average Bonchev–Trinajstić information content (AvgIpc) is 2.86. The third-order valence-electron chi connectivity index (χ3n) is 7.38. The summed E-state index contributed by atoms with van der Waals surface area (Å²) in [7, 11) is 2.14. The van der Waals surface area contributed by atoms with Crippen LogP contribution in [0.5, 0.6) is 5.88 Å². The van der Waals surface area contributed by atoms with Gasteiger partial charge < -0.3 is 24.4 Å². The number of likely N-dealkylation sites (N-methyl/N-ethyl adjacent to an activating group) is 1. The van der Waals surface area contributed by atoms with E-state index in [0.29, 0.717) is 23.9 Å². The largest absolute Gasteiger partial charge is 0.472 e. The highest BCUT2D eigenvalue weighted by Crippen LogP contribution is 2.31. The first-order chi connectivity index (χ1) is 16.9. The second kappa shape index (κ2) is 11.5. The van der Waals surface area contributed by atoms with Crippen molar-refractivity contribution in [2.75, 3.05) is 46.5 Å². The molecule has 2 aromatic rings. The summed E-state index contributed by atoms with van der Waals surface area (Å²) in [5, 5.41) is 9.90. The number of hydrogen-bond donors (Lipinski definition) is 1. The first-order valence-electron chi connectivity index (χ1n) is 12.8. The minimum absolute atomic E-state index is 0.0797. The molecule has 1 aromatic heterocycles. The average molecular weight is 482 g/mol. The molecule has 0 spiro atoms. The molecule has 0 saturated carbocycles. The van der Waals surface area contributed by atoms with Gasteiger partial charge in [-0.2, -0.15) is 0 Å². The van der Waals surface area contributed by atoms with Gasteiger partial charge in [0.05, 0.1) is 12.6 Å². The molecule has 1 saturated heterocycles. The number of aliphatic hydroxyl groups excluding tert-OH is 1. The molecular weight excluding hydrogens is 442 g/mol. The molecule has 1 N–H and O–H groups in total. The maximum atomic E-state index is 13.7. The zero-order valence-electron chi connectivity index (χ0n) is 21.4. The summed E-state index contributed by atoms with van der Waals surface area (Å²) in [5.74, 6) is 0.937. The lowest BCUT2D eigenvalue weighted by Gasteiger charge is -2.38. The van der Waals surface area contributed by atoms with Gasteiger partial charge in [-0.05, 0) is 56.8 Å². The summed E-state index contributed by atoms with van der Waals surface area (Å²) >= 11 is 0. The monoisotopic (exact) mass is 481 g/mol. The summed E-state index contributed by atoms with van der Waals surface area (Å²) in [6, 6.07) is 9.68. The number of hydrogen-bond acceptors (Lipinski definition) is 6. The van der Waals surface area contributed by atoms with E-state index in [1.807, 2.05) is 31.2 Å². The van der Waals surface area contributed by atoms with Crippen molar-refractivity contribution in [2.45, 2.75) is 45.8 Å². The van der Waals surface area contributed by atoms with Crippen molar-refractivity contribution in [1.82, 2.24) is 14.8 Å². The van der Waals surface area contributed by atoms with E-state index in [2.05, 4.69) is 36.8 Å². The van der Waals surface area contributed by atoms with Crippen LogP contribution in [-0.2, 0) is 4.74 Å². The minimum Gasteiger partial charge on any atom is -0.472 e. The molecule has 3 heterocycles. The lowest BCUT2D eigenvalue weighted by Crippen LogP contribution is -2.50. The van der Waals surface area contributed by atoms with E-state index in [4.69, 9.17) is 9.47 Å². The third kappa shape index (κ3) is 6.02. The van der Waals surface area contributed by atoms with Crippen LogP contribution in [0.25, 0.3) is 11.1 Å². The van der Waals surface area contributed by atoms with Crippen LogP contribution >= 0.6 is 0 Å². The number of ether oxygens (including phenoxy) is 2. The van der Waals surface area contributed by atoms with E-state index in [9.17, 15) is 9.90 Å². The van der Waals surface area contributed by atoms with Gasteiger partial charge in [-0.1, -0.05) is 31.2 Å². The summed E-state index contributed by atoms with van der Waals surface area (Å²) in [5.41, 5.74) is 3.50. The molecule has 7 nitrogen and oxygen atoms in total. The minimum atomic E-state index is -0.293. The molecule has 190 valence electrons. The quantitative estimate of drug-likeness (QED) is 0.651. The number of rotatable bonds is 7. The Bertz CT molecular complexity index is 1010. The van der Waals surface area contributed by atoms with Gasteiger partial charge in [0.2, 0.25) is 5.88 Å². The Morgan fingerprint density at radius 2 is 1.94 bits per heavy atom. The Morgan fingerprint density at radius 3 is 2.66 bits per heavy atom. The molecule has 35 heavy (non-hydrogen) atoms. The van der Waals surface area contributed by atoms with Gasteiger partial charge in [-0.25, -0.2) is 4.98 Å². The van der Waals surface area contributed by atoms with E-state index >= 15 is 0 Å². The van der Waals surface area contributed by atoms with Crippen molar-refractivity contribution < 1.29 is 19.4 Å². The number of aryl methyl sites for hydroxylation is 1. The summed E-state index contributed by atoms with van der Waals surface area (Å²) < 4.78 is 12.0. The predicted molar refractivity (Wildman–Crippen MR) is 137 cm³/mol. The van der Waals surface area contributed by atoms with Crippen LogP contribution in [0.4, 0.5) is 0 Å². The Balaban J connectivity index is 1.63. The summed E-state index contributed by atoms with van der Waals surface area (Å²) in [6.07, 6.45) is 3.85. The lowest BCUT2D eigenvalue weighted by atomic mass is 9.97. The molecule has 0 unspecified atom stereocenters. The molecule has 1 fully saturated rings. The number of fused-ring (bicyclic) bond motifs is 1. The number of amides is 1. The number of aromatic nitrogens is 1. The molecular formula is C28H39N3O4. The highest BCUT2D eigenvalue weighted by Gasteiger charge is 2.34. The molecule has 0 radical (unpaired) electrons.